The molecule has 0 unspecified atom stereocenters. The molecule has 4 nitrogen and oxygen atoms in total. The molecule has 0 atom stereocenters. The van der Waals surface area contributed by atoms with E-state index in [-0.39, 0.29) is 11.5 Å². The standard InChI is InChI=1S/C12H13BrO4/c13-8-4-3-7(9(14)10(8)15)12(11(16)17)5-1-2-6-12/h3-4,14-15H,1-2,5-6H2,(H,16,17). The van der Waals surface area contributed by atoms with Crippen LogP contribution in [0.5, 0.6) is 11.5 Å². The fourth-order valence-corrected chi connectivity index (χ4v) is 2.84. The van der Waals surface area contributed by atoms with Gasteiger partial charge in [0, 0.05) is 5.56 Å². The fraction of sp³-hybridized carbons (Fsp3) is 0.417. The molecule has 92 valence electrons. The Bertz CT molecular complexity index is 464. The molecule has 1 aromatic carbocycles. The van der Waals surface area contributed by atoms with E-state index in [0.29, 0.717) is 22.9 Å². The predicted molar refractivity (Wildman–Crippen MR) is 65.3 cm³/mol. The second kappa shape index (κ2) is 4.22. The smallest absolute Gasteiger partial charge is 0.314 e. The van der Waals surface area contributed by atoms with Crippen molar-refractivity contribution in [3.05, 3.63) is 22.2 Å². The van der Waals surface area contributed by atoms with E-state index in [9.17, 15) is 20.1 Å². The van der Waals surface area contributed by atoms with Crippen molar-refractivity contribution in [3.63, 3.8) is 0 Å². The van der Waals surface area contributed by atoms with Crippen LogP contribution in [-0.2, 0) is 10.2 Å². The number of carbonyl (C=O) groups is 1. The van der Waals surface area contributed by atoms with Gasteiger partial charge in [-0.2, -0.15) is 0 Å². The molecule has 0 heterocycles. The van der Waals surface area contributed by atoms with Crippen LogP contribution in [0.15, 0.2) is 16.6 Å². The molecule has 0 bridgehead atoms. The second-order valence-corrected chi connectivity index (χ2v) is 5.24. The van der Waals surface area contributed by atoms with Crippen molar-refractivity contribution in [2.24, 2.45) is 0 Å². The molecule has 17 heavy (non-hydrogen) atoms. The van der Waals surface area contributed by atoms with E-state index in [1.165, 1.54) is 0 Å². The van der Waals surface area contributed by atoms with Gasteiger partial charge in [0.1, 0.15) is 0 Å². The van der Waals surface area contributed by atoms with Crippen molar-refractivity contribution in [2.75, 3.05) is 0 Å². The largest absolute Gasteiger partial charge is 0.504 e. The van der Waals surface area contributed by atoms with Crippen molar-refractivity contribution < 1.29 is 20.1 Å². The van der Waals surface area contributed by atoms with Crippen LogP contribution < -0.4 is 0 Å². The predicted octanol–water partition coefficient (Wildman–Crippen LogP) is 2.76. The van der Waals surface area contributed by atoms with E-state index in [2.05, 4.69) is 15.9 Å². The summed E-state index contributed by atoms with van der Waals surface area (Å²) in [6, 6.07) is 3.13. The van der Waals surface area contributed by atoms with Crippen molar-refractivity contribution in [2.45, 2.75) is 31.1 Å². The van der Waals surface area contributed by atoms with Crippen LogP contribution in [0.1, 0.15) is 31.2 Å². The van der Waals surface area contributed by atoms with Gasteiger partial charge in [0.2, 0.25) is 0 Å². The summed E-state index contributed by atoms with van der Waals surface area (Å²) in [7, 11) is 0. The average Bonchev–Trinajstić information content (AvgIpc) is 2.76. The number of aromatic hydroxyl groups is 2. The Balaban J connectivity index is 2.59. The molecule has 1 fully saturated rings. The van der Waals surface area contributed by atoms with E-state index in [1.54, 1.807) is 12.1 Å². The molecule has 3 N–H and O–H groups in total. The first-order valence-corrected chi connectivity index (χ1v) is 6.22. The van der Waals surface area contributed by atoms with Crippen LogP contribution in [0.25, 0.3) is 0 Å². The summed E-state index contributed by atoms with van der Waals surface area (Å²) in [5.41, 5.74) is -0.745. The number of benzene rings is 1. The van der Waals surface area contributed by atoms with Gasteiger partial charge in [-0.3, -0.25) is 4.79 Å². The van der Waals surface area contributed by atoms with Crippen molar-refractivity contribution >= 4 is 21.9 Å². The zero-order valence-electron chi connectivity index (χ0n) is 9.11. The number of carboxylic acids is 1. The number of phenolic OH excluding ortho intramolecular Hbond substituents is 2. The van der Waals surface area contributed by atoms with E-state index < -0.39 is 11.4 Å². The molecule has 0 amide bonds. The van der Waals surface area contributed by atoms with Gasteiger partial charge in [0.05, 0.1) is 9.89 Å². The summed E-state index contributed by atoms with van der Waals surface area (Å²) < 4.78 is 0.359. The molecule has 0 spiro atoms. The van der Waals surface area contributed by atoms with Gasteiger partial charge in [-0.15, -0.1) is 0 Å². The van der Waals surface area contributed by atoms with Crippen molar-refractivity contribution in [1.82, 2.24) is 0 Å². The van der Waals surface area contributed by atoms with E-state index >= 15 is 0 Å². The van der Waals surface area contributed by atoms with Gasteiger partial charge in [-0.1, -0.05) is 18.9 Å². The van der Waals surface area contributed by atoms with Crippen molar-refractivity contribution in [1.29, 1.82) is 0 Å². The van der Waals surface area contributed by atoms with Gasteiger partial charge in [0.25, 0.3) is 0 Å². The highest BCUT2D eigenvalue weighted by Crippen LogP contribution is 2.48. The maximum atomic E-state index is 11.5. The first kappa shape index (κ1) is 12.2. The lowest BCUT2D eigenvalue weighted by molar-refractivity contribution is -0.143. The van der Waals surface area contributed by atoms with Crippen LogP contribution >= 0.6 is 15.9 Å². The van der Waals surface area contributed by atoms with Crippen LogP contribution in [0, 0.1) is 0 Å². The van der Waals surface area contributed by atoms with Crippen LogP contribution in [0.3, 0.4) is 0 Å². The lowest BCUT2D eigenvalue weighted by Crippen LogP contribution is -2.32. The highest BCUT2D eigenvalue weighted by atomic mass is 79.9. The topological polar surface area (TPSA) is 77.8 Å². The number of carboxylic acid groups (broad SMARTS) is 1. The summed E-state index contributed by atoms with van der Waals surface area (Å²) in [5, 5.41) is 29.0. The van der Waals surface area contributed by atoms with E-state index in [1.807, 2.05) is 0 Å². The minimum atomic E-state index is -1.05. The minimum absolute atomic E-state index is 0.296. The Morgan fingerprint density at radius 1 is 1.18 bits per heavy atom. The van der Waals surface area contributed by atoms with Gasteiger partial charge in [-0.25, -0.2) is 0 Å². The van der Waals surface area contributed by atoms with E-state index in [4.69, 9.17) is 0 Å². The Hall–Kier alpha value is -1.23. The molecule has 0 saturated heterocycles. The quantitative estimate of drug-likeness (QED) is 0.734. The number of phenols is 2. The minimum Gasteiger partial charge on any atom is -0.504 e. The molecule has 0 radical (unpaired) electrons. The first-order chi connectivity index (χ1) is 7.99. The second-order valence-electron chi connectivity index (χ2n) is 4.39. The van der Waals surface area contributed by atoms with E-state index in [0.717, 1.165) is 12.8 Å². The first-order valence-electron chi connectivity index (χ1n) is 5.43. The maximum absolute atomic E-state index is 11.5. The van der Waals surface area contributed by atoms with Crippen LogP contribution in [-0.4, -0.2) is 21.3 Å². The lowest BCUT2D eigenvalue weighted by Gasteiger charge is -2.25. The normalized spacial score (nSPS) is 18.2. The fourth-order valence-electron chi connectivity index (χ4n) is 2.52. The monoisotopic (exact) mass is 300 g/mol. The molecule has 2 rings (SSSR count). The summed E-state index contributed by atoms with van der Waals surface area (Å²) >= 11 is 3.09. The zero-order chi connectivity index (χ0) is 12.6. The summed E-state index contributed by atoms with van der Waals surface area (Å²) in [6.07, 6.45) is 2.64. The SMILES string of the molecule is O=C(O)C1(c2ccc(Br)c(O)c2O)CCCC1. The number of rotatable bonds is 2. The Morgan fingerprint density at radius 2 is 1.76 bits per heavy atom. The maximum Gasteiger partial charge on any atom is 0.314 e. The number of halogens is 1. The highest BCUT2D eigenvalue weighted by molar-refractivity contribution is 9.10. The van der Waals surface area contributed by atoms with Gasteiger partial charge in [0.15, 0.2) is 11.5 Å². The average molecular weight is 301 g/mol. The third-order valence-electron chi connectivity index (χ3n) is 3.48. The highest BCUT2D eigenvalue weighted by Gasteiger charge is 2.45. The number of hydrogen-bond acceptors (Lipinski definition) is 3. The van der Waals surface area contributed by atoms with Crippen molar-refractivity contribution in [3.8, 4) is 11.5 Å². The number of aliphatic carboxylic acids is 1. The van der Waals surface area contributed by atoms with Crippen LogP contribution in [0.4, 0.5) is 0 Å². The number of hydrogen-bond donors (Lipinski definition) is 3. The summed E-state index contributed by atoms with van der Waals surface area (Å²) in [6.45, 7) is 0. The van der Waals surface area contributed by atoms with Gasteiger partial charge < -0.3 is 15.3 Å². The molecule has 0 aromatic heterocycles. The zero-order valence-corrected chi connectivity index (χ0v) is 10.7. The van der Waals surface area contributed by atoms with Gasteiger partial charge >= 0.3 is 5.97 Å². The molecule has 1 aliphatic carbocycles. The lowest BCUT2D eigenvalue weighted by atomic mass is 9.78. The molecule has 1 aromatic rings. The third kappa shape index (κ3) is 1.78. The Labute approximate surface area is 107 Å². The molecular formula is C12H13BrO4. The molecule has 5 heteroatoms. The molecule has 0 aliphatic heterocycles. The van der Waals surface area contributed by atoms with Gasteiger partial charge in [-0.05, 0) is 34.8 Å². The van der Waals surface area contributed by atoms with Crippen LogP contribution in [0.2, 0.25) is 0 Å². The molecule has 1 aliphatic rings. The Kier molecular flexibility index (Phi) is 3.03. The molecular weight excluding hydrogens is 288 g/mol. The summed E-state index contributed by atoms with van der Waals surface area (Å²) in [4.78, 5) is 11.5. The summed E-state index contributed by atoms with van der Waals surface area (Å²) in [5.74, 6) is -1.56. The molecule has 1 saturated carbocycles. The Morgan fingerprint density at radius 3 is 2.29 bits per heavy atom. The third-order valence-corrected chi connectivity index (χ3v) is 4.12.